The van der Waals surface area contributed by atoms with E-state index < -0.39 is 0 Å². The molecule has 1 amide bonds. The Morgan fingerprint density at radius 1 is 1.13 bits per heavy atom. The van der Waals surface area contributed by atoms with Gasteiger partial charge in [0.05, 0.1) is 5.69 Å². The van der Waals surface area contributed by atoms with Gasteiger partial charge in [-0.3, -0.25) is 4.79 Å². The van der Waals surface area contributed by atoms with Gasteiger partial charge in [0.25, 0.3) is 5.91 Å². The number of carbonyl (C=O) groups excluding carboxylic acids is 1. The lowest BCUT2D eigenvalue weighted by atomic mass is 10.2. The number of anilines is 1. The van der Waals surface area contributed by atoms with Crippen molar-refractivity contribution in [1.29, 1.82) is 0 Å². The second-order valence-electron chi connectivity index (χ2n) is 5.26. The molecule has 3 rings (SSSR count). The van der Waals surface area contributed by atoms with E-state index in [0.717, 1.165) is 16.8 Å². The average molecular weight is 327 g/mol. The highest BCUT2D eigenvalue weighted by Crippen LogP contribution is 2.20. The first kappa shape index (κ1) is 15.2. The zero-order valence-electron chi connectivity index (χ0n) is 12.7. The fourth-order valence-electron chi connectivity index (χ4n) is 2.10. The van der Waals surface area contributed by atoms with E-state index in [1.165, 1.54) is 6.33 Å². The van der Waals surface area contributed by atoms with E-state index >= 15 is 0 Å². The number of halogens is 1. The number of rotatable bonds is 3. The van der Waals surface area contributed by atoms with Crippen molar-refractivity contribution in [3.05, 3.63) is 70.8 Å². The topological polar surface area (TPSA) is 59.8 Å². The largest absolute Gasteiger partial charge is 0.319 e. The molecule has 1 heterocycles. The van der Waals surface area contributed by atoms with Crippen molar-refractivity contribution in [2.45, 2.75) is 13.8 Å². The SMILES string of the molecule is Cc1ccc(-n2cnc(C(=O)Nc3cc(Cl)ccc3C)n2)cc1. The van der Waals surface area contributed by atoms with Gasteiger partial charge in [-0.1, -0.05) is 35.4 Å². The van der Waals surface area contributed by atoms with Crippen LogP contribution in [0.5, 0.6) is 0 Å². The molecule has 0 radical (unpaired) electrons. The van der Waals surface area contributed by atoms with Gasteiger partial charge in [0.1, 0.15) is 6.33 Å². The zero-order valence-corrected chi connectivity index (χ0v) is 13.5. The molecule has 116 valence electrons. The van der Waals surface area contributed by atoms with Gasteiger partial charge in [0, 0.05) is 10.7 Å². The van der Waals surface area contributed by atoms with Gasteiger partial charge in [-0.15, -0.1) is 5.10 Å². The first-order chi connectivity index (χ1) is 11.0. The molecule has 23 heavy (non-hydrogen) atoms. The summed E-state index contributed by atoms with van der Waals surface area (Å²) >= 11 is 5.96. The summed E-state index contributed by atoms with van der Waals surface area (Å²) in [5.41, 5.74) is 3.57. The lowest BCUT2D eigenvalue weighted by Crippen LogP contribution is -2.15. The lowest BCUT2D eigenvalue weighted by Gasteiger charge is -2.06. The normalized spacial score (nSPS) is 10.6. The van der Waals surface area contributed by atoms with Crippen LogP contribution >= 0.6 is 11.6 Å². The van der Waals surface area contributed by atoms with Crippen molar-refractivity contribution in [3.8, 4) is 5.69 Å². The van der Waals surface area contributed by atoms with Gasteiger partial charge in [-0.05, 0) is 43.7 Å². The van der Waals surface area contributed by atoms with E-state index in [1.807, 2.05) is 44.2 Å². The maximum atomic E-state index is 12.3. The molecular weight excluding hydrogens is 312 g/mol. The standard InChI is InChI=1S/C17H15ClN4O/c1-11-3-7-14(8-4-11)22-10-19-16(21-22)17(23)20-15-9-13(18)6-5-12(15)2/h3-10H,1-2H3,(H,20,23). The predicted octanol–water partition coefficient (Wildman–Crippen LogP) is 3.79. The van der Waals surface area contributed by atoms with Gasteiger partial charge in [-0.25, -0.2) is 9.67 Å². The van der Waals surface area contributed by atoms with Crippen molar-refractivity contribution in [2.75, 3.05) is 5.32 Å². The van der Waals surface area contributed by atoms with E-state index in [-0.39, 0.29) is 11.7 Å². The third-order valence-electron chi connectivity index (χ3n) is 3.44. The van der Waals surface area contributed by atoms with E-state index in [0.29, 0.717) is 10.7 Å². The first-order valence-corrected chi connectivity index (χ1v) is 7.47. The molecule has 0 spiro atoms. The van der Waals surface area contributed by atoms with Crippen molar-refractivity contribution in [2.24, 2.45) is 0 Å². The number of aryl methyl sites for hydroxylation is 2. The monoisotopic (exact) mass is 326 g/mol. The summed E-state index contributed by atoms with van der Waals surface area (Å²) in [5, 5.41) is 7.56. The molecule has 2 aromatic carbocycles. The van der Waals surface area contributed by atoms with Crippen molar-refractivity contribution in [1.82, 2.24) is 14.8 Å². The van der Waals surface area contributed by atoms with E-state index in [2.05, 4.69) is 15.4 Å². The van der Waals surface area contributed by atoms with E-state index in [1.54, 1.807) is 16.8 Å². The summed E-state index contributed by atoms with van der Waals surface area (Å²) < 4.78 is 1.57. The van der Waals surface area contributed by atoms with Crippen LogP contribution in [-0.2, 0) is 0 Å². The molecule has 5 nitrogen and oxygen atoms in total. The van der Waals surface area contributed by atoms with E-state index in [9.17, 15) is 4.79 Å². The summed E-state index contributed by atoms with van der Waals surface area (Å²) in [6.45, 7) is 3.90. The minimum Gasteiger partial charge on any atom is -0.319 e. The molecule has 1 aromatic heterocycles. The molecule has 6 heteroatoms. The predicted molar refractivity (Wildman–Crippen MR) is 90.2 cm³/mol. The third kappa shape index (κ3) is 3.40. The summed E-state index contributed by atoms with van der Waals surface area (Å²) in [6.07, 6.45) is 1.52. The molecule has 0 aliphatic rings. The number of aromatic nitrogens is 3. The fraction of sp³-hybridized carbons (Fsp3) is 0.118. The molecule has 1 N–H and O–H groups in total. The highest BCUT2D eigenvalue weighted by atomic mass is 35.5. The lowest BCUT2D eigenvalue weighted by molar-refractivity contribution is 0.101. The summed E-state index contributed by atoms with van der Waals surface area (Å²) in [5.74, 6) is -0.272. The highest BCUT2D eigenvalue weighted by Gasteiger charge is 2.13. The number of nitrogens with one attached hydrogen (secondary N) is 1. The summed E-state index contributed by atoms with van der Waals surface area (Å²) in [4.78, 5) is 16.4. The van der Waals surface area contributed by atoms with Crippen LogP contribution in [0.3, 0.4) is 0 Å². The van der Waals surface area contributed by atoms with Crippen molar-refractivity contribution < 1.29 is 4.79 Å². The Bertz CT molecular complexity index is 855. The number of amides is 1. The molecule has 3 aromatic rings. The average Bonchev–Trinajstić information content (AvgIpc) is 3.02. The Labute approximate surface area is 138 Å². The maximum Gasteiger partial charge on any atom is 0.295 e. The van der Waals surface area contributed by atoms with Crippen molar-refractivity contribution >= 4 is 23.2 Å². The van der Waals surface area contributed by atoms with Crippen LogP contribution in [0.2, 0.25) is 5.02 Å². The Morgan fingerprint density at radius 3 is 2.61 bits per heavy atom. The number of hydrogen-bond donors (Lipinski definition) is 1. The number of carbonyl (C=O) groups is 1. The van der Waals surface area contributed by atoms with Crippen LogP contribution < -0.4 is 5.32 Å². The maximum absolute atomic E-state index is 12.3. The molecular formula is C17H15ClN4O. The second kappa shape index (κ2) is 6.22. The van der Waals surface area contributed by atoms with Gasteiger partial charge >= 0.3 is 0 Å². The van der Waals surface area contributed by atoms with Gasteiger partial charge in [-0.2, -0.15) is 0 Å². The first-order valence-electron chi connectivity index (χ1n) is 7.09. The Balaban J connectivity index is 1.81. The van der Waals surface area contributed by atoms with Crippen LogP contribution in [0.1, 0.15) is 21.7 Å². The molecule has 0 saturated carbocycles. The minimum atomic E-state index is -0.374. The molecule has 0 aliphatic carbocycles. The third-order valence-corrected chi connectivity index (χ3v) is 3.68. The van der Waals surface area contributed by atoms with Crippen LogP contribution in [0.15, 0.2) is 48.8 Å². The van der Waals surface area contributed by atoms with Crippen LogP contribution in [0, 0.1) is 13.8 Å². The molecule has 0 saturated heterocycles. The Hall–Kier alpha value is -2.66. The smallest absolute Gasteiger partial charge is 0.295 e. The molecule has 0 aliphatic heterocycles. The Morgan fingerprint density at radius 2 is 1.87 bits per heavy atom. The van der Waals surface area contributed by atoms with Crippen molar-refractivity contribution in [3.63, 3.8) is 0 Å². The zero-order chi connectivity index (χ0) is 16.4. The van der Waals surface area contributed by atoms with Gasteiger partial charge < -0.3 is 5.32 Å². The minimum absolute atomic E-state index is 0.102. The fourth-order valence-corrected chi connectivity index (χ4v) is 2.27. The number of hydrogen-bond acceptors (Lipinski definition) is 3. The van der Waals surface area contributed by atoms with Gasteiger partial charge in [0.2, 0.25) is 5.82 Å². The molecule has 0 unspecified atom stereocenters. The highest BCUT2D eigenvalue weighted by molar-refractivity contribution is 6.31. The number of benzene rings is 2. The molecule has 0 fully saturated rings. The van der Waals surface area contributed by atoms with Gasteiger partial charge in [0.15, 0.2) is 0 Å². The van der Waals surface area contributed by atoms with Crippen LogP contribution in [-0.4, -0.2) is 20.7 Å². The quantitative estimate of drug-likeness (QED) is 0.796. The molecule has 0 atom stereocenters. The molecule has 0 bridgehead atoms. The van der Waals surface area contributed by atoms with Crippen LogP contribution in [0.25, 0.3) is 5.69 Å². The van der Waals surface area contributed by atoms with E-state index in [4.69, 9.17) is 11.6 Å². The Kier molecular flexibility index (Phi) is 4.12. The number of nitrogens with zero attached hydrogens (tertiary/aromatic N) is 3. The summed E-state index contributed by atoms with van der Waals surface area (Å²) in [6, 6.07) is 13.1. The second-order valence-corrected chi connectivity index (χ2v) is 5.70. The summed E-state index contributed by atoms with van der Waals surface area (Å²) in [7, 11) is 0. The van der Waals surface area contributed by atoms with Crippen LogP contribution in [0.4, 0.5) is 5.69 Å².